The topological polar surface area (TPSA) is 44.9 Å². The van der Waals surface area contributed by atoms with Crippen molar-refractivity contribution in [1.29, 1.82) is 0 Å². The standard InChI is InChI=1S/C43H42N4O.Pt/c1-5-8-17-40-43(32-21-19-31(12-6-2)20-22-32)38(13-7-3)45-47(40)33-14-11-15-34(28-33)48-35-23-24-37-36-16-9-10-18-39(36)46(41(37)29-35)42-27-30(4)25-26-44-42;/h9-11,14-16,18-27H,5-8,12-13,17H2,1-4H3;/q-2;+2. The maximum absolute atomic E-state index is 6.50. The number of pyridine rings is 1. The van der Waals surface area contributed by atoms with E-state index in [0.29, 0.717) is 11.5 Å². The minimum atomic E-state index is 0. The number of aromatic nitrogens is 4. The van der Waals surface area contributed by atoms with Gasteiger partial charge in [0.2, 0.25) is 0 Å². The van der Waals surface area contributed by atoms with Crippen LogP contribution < -0.4 is 4.74 Å². The summed E-state index contributed by atoms with van der Waals surface area (Å²) in [6.45, 7) is 8.79. The Hall–Kier alpha value is -4.47. The van der Waals surface area contributed by atoms with Crippen LogP contribution in [0.1, 0.15) is 69.0 Å². The van der Waals surface area contributed by atoms with E-state index < -0.39 is 0 Å². The molecule has 0 amide bonds. The third-order valence-electron chi connectivity index (χ3n) is 8.98. The molecule has 0 atom stereocenters. The Kier molecular flexibility index (Phi) is 10.8. The van der Waals surface area contributed by atoms with Gasteiger partial charge in [-0.1, -0.05) is 88.0 Å². The van der Waals surface area contributed by atoms with E-state index in [0.717, 1.165) is 89.5 Å². The molecule has 0 radical (unpaired) electrons. The number of benzene rings is 4. The first kappa shape index (κ1) is 34.4. The molecule has 3 heterocycles. The van der Waals surface area contributed by atoms with Gasteiger partial charge in [0.05, 0.1) is 5.69 Å². The fourth-order valence-electron chi connectivity index (χ4n) is 6.70. The van der Waals surface area contributed by atoms with Gasteiger partial charge in [-0.15, -0.1) is 35.7 Å². The van der Waals surface area contributed by atoms with Gasteiger partial charge in [0.15, 0.2) is 0 Å². The number of nitrogens with zero attached hydrogens (tertiary/aromatic N) is 4. The summed E-state index contributed by atoms with van der Waals surface area (Å²) in [7, 11) is 0. The van der Waals surface area contributed by atoms with Crippen LogP contribution in [0.4, 0.5) is 0 Å². The molecule has 6 heteroatoms. The zero-order valence-corrected chi connectivity index (χ0v) is 31.0. The third-order valence-corrected chi connectivity index (χ3v) is 8.98. The minimum absolute atomic E-state index is 0. The van der Waals surface area contributed by atoms with Crippen LogP contribution in [0.5, 0.6) is 11.5 Å². The van der Waals surface area contributed by atoms with E-state index in [1.165, 1.54) is 22.4 Å². The molecule has 3 aromatic heterocycles. The molecule has 0 aliphatic rings. The first-order valence-corrected chi connectivity index (χ1v) is 17.4. The summed E-state index contributed by atoms with van der Waals surface area (Å²) in [5.41, 5.74) is 10.3. The Morgan fingerprint density at radius 1 is 0.735 bits per heavy atom. The molecule has 250 valence electrons. The number of hydrogen-bond donors (Lipinski definition) is 0. The van der Waals surface area contributed by atoms with Gasteiger partial charge in [0.1, 0.15) is 5.82 Å². The number of fused-ring (bicyclic) bond motifs is 3. The molecule has 0 saturated carbocycles. The third kappa shape index (κ3) is 7.00. The van der Waals surface area contributed by atoms with Gasteiger partial charge >= 0.3 is 21.1 Å². The van der Waals surface area contributed by atoms with E-state index in [9.17, 15) is 0 Å². The molecule has 0 bridgehead atoms. The Bertz CT molecular complexity index is 2190. The van der Waals surface area contributed by atoms with Gasteiger partial charge in [0, 0.05) is 34.5 Å². The van der Waals surface area contributed by atoms with Crippen molar-refractivity contribution in [1.82, 2.24) is 19.3 Å². The number of ether oxygens (including phenoxy) is 1. The summed E-state index contributed by atoms with van der Waals surface area (Å²) in [6, 6.07) is 38.9. The Morgan fingerprint density at radius 2 is 1.53 bits per heavy atom. The maximum Gasteiger partial charge on any atom is 2.00 e. The summed E-state index contributed by atoms with van der Waals surface area (Å²) < 4.78 is 10.8. The summed E-state index contributed by atoms with van der Waals surface area (Å²) in [5, 5.41) is 7.50. The number of rotatable bonds is 12. The molecule has 0 N–H and O–H groups in total. The monoisotopic (exact) mass is 825 g/mol. The van der Waals surface area contributed by atoms with Crippen LogP contribution in [0.3, 0.4) is 0 Å². The van der Waals surface area contributed by atoms with Crippen molar-refractivity contribution in [3.63, 3.8) is 0 Å². The summed E-state index contributed by atoms with van der Waals surface area (Å²) in [6.07, 6.45) is 9.21. The van der Waals surface area contributed by atoms with Crippen LogP contribution in [-0.4, -0.2) is 19.3 Å². The van der Waals surface area contributed by atoms with Crippen LogP contribution >= 0.6 is 0 Å². The van der Waals surface area contributed by atoms with Crippen molar-refractivity contribution in [2.75, 3.05) is 0 Å². The fourth-order valence-corrected chi connectivity index (χ4v) is 6.70. The van der Waals surface area contributed by atoms with Gasteiger partial charge in [-0.05, 0) is 78.6 Å². The molecule has 49 heavy (non-hydrogen) atoms. The van der Waals surface area contributed by atoms with Gasteiger partial charge in [-0.3, -0.25) is 4.68 Å². The van der Waals surface area contributed by atoms with E-state index in [4.69, 9.17) is 14.8 Å². The van der Waals surface area contributed by atoms with Gasteiger partial charge < -0.3 is 9.30 Å². The SMILES string of the molecule is CCCCc1c(-c2ccc(CCC)cc2)c(CCC)nn1-c1[c-]c(Oc2[c-]c3c(cc2)c2ccccc2n3-c2cc(C)ccn2)ccc1.[Pt+2]. The zero-order chi connectivity index (χ0) is 33.0. The Balaban J connectivity index is 0.00000417. The van der Waals surface area contributed by atoms with E-state index in [-0.39, 0.29) is 21.1 Å². The van der Waals surface area contributed by atoms with E-state index in [2.05, 4.69) is 116 Å². The Labute approximate surface area is 304 Å². The van der Waals surface area contributed by atoms with Crippen LogP contribution in [0.2, 0.25) is 0 Å². The molecule has 0 aliphatic carbocycles. The smallest absolute Gasteiger partial charge is 0.509 e. The van der Waals surface area contributed by atoms with Crippen molar-refractivity contribution >= 4 is 21.8 Å². The normalized spacial score (nSPS) is 11.3. The summed E-state index contributed by atoms with van der Waals surface area (Å²) in [5.74, 6) is 2.11. The van der Waals surface area contributed by atoms with Crippen molar-refractivity contribution in [3.05, 3.63) is 132 Å². The number of para-hydroxylation sites is 1. The van der Waals surface area contributed by atoms with Crippen LogP contribution in [-0.2, 0) is 40.3 Å². The van der Waals surface area contributed by atoms with Crippen molar-refractivity contribution < 1.29 is 25.8 Å². The maximum atomic E-state index is 6.50. The molecular formula is C43H42N4OPt. The molecule has 7 aromatic rings. The molecule has 4 aromatic carbocycles. The summed E-state index contributed by atoms with van der Waals surface area (Å²) in [4.78, 5) is 4.71. The zero-order valence-electron chi connectivity index (χ0n) is 28.7. The van der Waals surface area contributed by atoms with Crippen LogP contribution in [0.25, 0.3) is 44.4 Å². The number of aryl methyl sites for hydroxylation is 3. The summed E-state index contributed by atoms with van der Waals surface area (Å²) >= 11 is 0. The molecule has 0 fully saturated rings. The predicted molar refractivity (Wildman–Crippen MR) is 197 cm³/mol. The average Bonchev–Trinajstić information content (AvgIpc) is 3.63. The largest absolute Gasteiger partial charge is 2.00 e. The van der Waals surface area contributed by atoms with Crippen molar-refractivity contribution in [2.45, 2.75) is 72.6 Å². The molecule has 5 nitrogen and oxygen atoms in total. The van der Waals surface area contributed by atoms with E-state index in [1.54, 1.807) is 0 Å². The van der Waals surface area contributed by atoms with Crippen LogP contribution in [0, 0.1) is 19.1 Å². The minimum Gasteiger partial charge on any atom is -0.509 e. The fraction of sp³-hybridized carbons (Fsp3) is 0.256. The van der Waals surface area contributed by atoms with E-state index in [1.807, 2.05) is 30.5 Å². The molecule has 7 rings (SSSR count). The first-order valence-electron chi connectivity index (χ1n) is 17.4. The quantitative estimate of drug-likeness (QED) is 0.115. The van der Waals surface area contributed by atoms with Crippen LogP contribution in [0.15, 0.2) is 97.2 Å². The molecule has 0 unspecified atom stereocenters. The van der Waals surface area contributed by atoms with Crippen molar-refractivity contribution in [3.8, 4) is 34.1 Å². The number of hydrogen-bond acceptors (Lipinski definition) is 3. The Morgan fingerprint density at radius 3 is 2.31 bits per heavy atom. The molecule has 0 spiro atoms. The average molecular weight is 826 g/mol. The molecule has 0 saturated heterocycles. The second kappa shape index (κ2) is 15.4. The van der Waals surface area contributed by atoms with Crippen molar-refractivity contribution in [2.24, 2.45) is 0 Å². The predicted octanol–water partition coefficient (Wildman–Crippen LogP) is 11.0. The van der Waals surface area contributed by atoms with Gasteiger partial charge in [-0.2, -0.15) is 17.2 Å². The number of unbranched alkanes of at least 4 members (excludes halogenated alkanes) is 1. The molecule has 0 aliphatic heterocycles. The second-order valence-electron chi connectivity index (χ2n) is 12.6. The van der Waals surface area contributed by atoms with Gasteiger partial charge in [-0.25, -0.2) is 4.98 Å². The first-order chi connectivity index (χ1) is 23.6. The van der Waals surface area contributed by atoms with E-state index >= 15 is 0 Å². The molecular weight excluding hydrogens is 784 g/mol. The second-order valence-corrected chi connectivity index (χ2v) is 12.6. The van der Waals surface area contributed by atoms with Gasteiger partial charge in [0.25, 0.3) is 0 Å².